The number of carbonyl (C=O) groups excluding carboxylic acids is 1. The number of nitrogens with one attached hydrogen (secondary N) is 1. The topological polar surface area (TPSA) is 69.6 Å². The summed E-state index contributed by atoms with van der Waals surface area (Å²) in [6.45, 7) is 0.782. The summed E-state index contributed by atoms with van der Waals surface area (Å²) in [5.74, 6) is 0.0623. The molecule has 0 aromatic rings. The van der Waals surface area contributed by atoms with Crippen LogP contribution in [0, 0.1) is 0 Å². The number of carboxylic acid groups (broad SMARTS) is 1. The largest absolute Gasteiger partial charge is 0.480 e. The third kappa shape index (κ3) is 3.39. The summed E-state index contributed by atoms with van der Waals surface area (Å²) < 4.78 is 0. The van der Waals surface area contributed by atoms with E-state index >= 15 is 0 Å². The fraction of sp³-hybridized carbons (Fsp3) is 0.778. The molecule has 1 unspecified atom stereocenters. The first-order chi connectivity index (χ1) is 7.16. The van der Waals surface area contributed by atoms with E-state index in [1.807, 2.05) is 7.05 Å². The molecule has 1 aliphatic heterocycles. The second-order valence-electron chi connectivity index (χ2n) is 3.42. The predicted molar refractivity (Wildman–Crippen MR) is 58.8 cm³/mol. The maximum absolute atomic E-state index is 11.7. The third-order valence-electron chi connectivity index (χ3n) is 2.31. The average molecular weight is 232 g/mol. The number of carboxylic acids is 1. The van der Waals surface area contributed by atoms with Gasteiger partial charge in [-0.2, -0.15) is 0 Å². The van der Waals surface area contributed by atoms with Crippen molar-refractivity contribution in [3.63, 3.8) is 0 Å². The molecule has 0 aliphatic carbocycles. The average Bonchev–Trinajstić information content (AvgIpc) is 2.66. The van der Waals surface area contributed by atoms with Crippen molar-refractivity contribution in [2.75, 3.05) is 25.2 Å². The van der Waals surface area contributed by atoms with Crippen molar-refractivity contribution in [2.45, 2.75) is 18.9 Å². The molecular weight excluding hydrogens is 216 g/mol. The third-order valence-corrected chi connectivity index (χ3v) is 3.32. The van der Waals surface area contributed by atoms with Crippen LogP contribution >= 0.6 is 11.8 Å². The zero-order chi connectivity index (χ0) is 11.3. The minimum atomic E-state index is -0.901. The Kier molecular flexibility index (Phi) is 4.90. The van der Waals surface area contributed by atoms with Gasteiger partial charge in [0.1, 0.15) is 6.04 Å². The molecule has 1 rings (SSSR count). The van der Waals surface area contributed by atoms with Gasteiger partial charge in [0, 0.05) is 12.2 Å². The highest BCUT2D eigenvalue weighted by Crippen LogP contribution is 2.21. The Labute approximate surface area is 93.2 Å². The summed E-state index contributed by atoms with van der Waals surface area (Å²) in [7, 11) is 1.83. The molecular formula is C9H16N2O3S. The number of amides is 1. The molecule has 0 radical (unpaired) electrons. The van der Waals surface area contributed by atoms with Crippen LogP contribution in [0.5, 0.6) is 0 Å². The molecule has 1 amide bonds. The van der Waals surface area contributed by atoms with Gasteiger partial charge >= 0.3 is 5.97 Å². The quantitative estimate of drug-likeness (QED) is 0.652. The Morgan fingerprint density at radius 3 is 2.93 bits per heavy atom. The first kappa shape index (κ1) is 12.3. The molecule has 2 N–H and O–H groups in total. The van der Waals surface area contributed by atoms with Crippen molar-refractivity contribution in [3.8, 4) is 0 Å². The smallest absolute Gasteiger partial charge is 0.327 e. The number of hydrogen-bond acceptors (Lipinski definition) is 4. The highest BCUT2D eigenvalue weighted by molar-refractivity contribution is 7.99. The standard InChI is InChI=1S/C9H16N2O3S/c1-10-4-2-3-8(12)11-6-15-5-7(11)9(13)14/h7,10H,2-6H2,1H3,(H,13,14). The van der Waals surface area contributed by atoms with Gasteiger partial charge in [-0.25, -0.2) is 4.79 Å². The van der Waals surface area contributed by atoms with Gasteiger partial charge in [-0.15, -0.1) is 11.8 Å². The summed E-state index contributed by atoms with van der Waals surface area (Å²) in [6, 6.07) is -0.628. The van der Waals surface area contributed by atoms with Crippen LogP contribution in [-0.4, -0.2) is 53.1 Å². The van der Waals surface area contributed by atoms with Gasteiger partial charge in [0.05, 0.1) is 5.88 Å². The molecule has 1 aliphatic rings. The van der Waals surface area contributed by atoms with Gasteiger partial charge in [0.15, 0.2) is 0 Å². The highest BCUT2D eigenvalue weighted by atomic mass is 32.2. The van der Waals surface area contributed by atoms with Crippen LogP contribution in [0.2, 0.25) is 0 Å². The maximum Gasteiger partial charge on any atom is 0.327 e. The van der Waals surface area contributed by atoms with Crippen molar-refractivity contribution in [1.29, 1.82) is 0 Å². The molecule has 1 saturated heterocycles. The second kappa shape index (κ2) is 5.97. The number of carbonyl (C=O) groups is 2. The molecule has 0 bridgehead atoms. The number of rotatable bonds is 5. The molecule has 5 nitrogen and oxygen atoms in total. The molecule has 15 heavy (non-hydrogen) atoms. The maximum atomic E-state index is 11.7. The van der Waals surface area contributed by atoms with Gasteiger partial charge in [0.2, 0.25) is 5.91 Å². The van der Waals surface area contributed by atoms with E-state index in [2.05, 4.69) is 5.32 Å². The van der Waals surface area contributed by atoms with Crippen LogP contribution < -0.4 is 5.32 Å². The molecule has 0 spiro atoms. The number of hydrogen-bond donors (Lipinski definition) is 2. The Morgan fingerprint density at radius 2 is 2.33 bits per heavy atom. The minimum absolute atomic E-state index is 0.0531. The Bertz CT molecular complexity index is 248. The Balaban J connectivity index is 2.40. The van der Waals surface area contributed by atoms with Crippen LogP contribution in [0.1, 0.15) is 12.8 Å². The van der Waals surface area contributed by atoms with Crippen LogP contribution in [0.4, 0.5) is 0 Å². The van der Waals surface area contributed by atoms with Crippen LogP contribution in [-0.2, 0) is 9.59 Å². The van der Waals surface area contributed by atoms with E-state index in [-0.39, 0.29) is 5.91 Å². The monoisotopic (exact) mass is 232 g/mol. The van der Waals surface area contributed by atoms with Crippen molar-refractivity contribution in [2.24, 2.45) is 0 Å². The molecule has 0 aromatic heterocycles. The van der Waals surface area contributed by atoms with E-state index in [0.717, 1.165) is 13.0 Å². The van der Waals surface area contributed by atoms with Crippen LogP contribution in [0.3, 0.4) is 0 Å². The van der Waals surface area contributed by atoms with Crippen molar-refractivity contribution >= 4 is 23.6 Å². The Hall–Kier alpha value is -0.750. The SMILES string of the molecule is CNCCCC(=O)N1CSCC1C(=O)O. The fourth-order valence-electron chi connectivity index (χ4n) is 1.45. The number of nitrogens with zero attached hydrogens (tertiary/aromatic N) is 1. The van der Waals surface area contributed by atoms with E-state index in [9.17, 15) is 9.59 Å². The van der Waals surface area contributed by atoms with Gasteiger partial charge in [-0.1, -0.05) is 0 Å². The zero-order valence-electron chi connectivity index (χ0n) is 8.73. The van der Waals surface area contributed by atoms with Crippen molar-refractivity contribution in [1.82, 2.24) is 10.2 Å². The van der Waals surface area contributed by atoms with Gasteiger partial charge in [0.25, 0.3) is 0 Å². The molecule has 6 heteroatoms. The first-order valence-electron chi connectivity index (χ1n) is 4.91. The molecule has 86 valence electrons. The predicted octanol–water partition coefficient (Wildman–Crippen LogP) is -0.0279. The van der Waals surface area contributed by atoms with Crippen LogP contribution in [0.15, 0.2) is 0 Å². The van der Waals surface area contributed by atoms with Crippen molar-refractivity contribution in [3.05, 3.63) is 0 Å². The van der Waals surface area contributed by atoms with E-state index < -0.39 is 12.0 Å². The van der Waals surface area contributed by atoms with E-state index in [0.29, 0.717) is 18.1 Å². The van der Waals surface area contributed by atoms with Gasteiger partial charge in [-0.3, -0.25) is 4.79 Å². The number of thioether (sulfide) groups is 1. The normalized spacial score (nSPS) is 20.6. The summed E-state index contributed by atoms with van der Waals surface area (Å²) >= 11 is 1.49. The summed E-state index contributed by atoms with van der Waals surface area (Å²) in [5, 5.41) is 11.8. The Morgan fingerprint density at radius 1 is 1.60 bits per heavy atom. The zero-order valence-corrected chi connectivity index (χ0v) is 9.55. The molecule has 0 saturated carbocycles. The second-order valence-corrected chi connectivity index (χ2v) is 4.42. The summed E-state index contributed by atoms with van der Waals surface area (Å²) in [6.07, 6.45) is 1.17. The van der Waals surface area contributed by atoms with Crippen LogP contribution in [0.25, 0.3) is 0 Å². The van der Waals surface area contributed by atoms with E-state index in [1.54, 1.807) is 0 Å². The summed E-state index contributed by atoms with van der Waals surface area (Å²) in [4.78, 5) is 23.9. The lowest BCUT2D eigenvalue weighted by atomic mass is 10.2. The fourth-order valence-corrected chi connectivity index (χ4v) is 2.62. The molecule has 1 heterocycles. The minimum Gasteiger partial charge on any atom is -0.480 e. The van der Waals surface area contributed by atoms with Crippen molar-refractivity contribution < 1.29 is 14.7 Å². The summed E-state index contributed by atoms with van der Waals surface area (Å²) in [5.41, 5.74) is 0. The van der Waals surface area contributed by atoms with Gasteiger partial charge < -0.3 is 15.3 Å². The first-order valence-corrected chi connectivity index (χ1v) is 6.07. The highest BCUT2D eigenvalue weighted by Gasteiger charge is 2.33. The van der Waals surface area contributed by atoms with E-state index in [1.165, 1.54) is 16.7 Å². The number of aliphatic carboxylic acids is 1. The van der Waals surface area contributed by atoms with Gasteiger partial charge in [-0.05, 0) is 20.0 Å². The molecule has 1 atom stereocenters. The van der Waals surface area contributed by atoms with E-state index in [4.69, 9.17) is 5.11 Å². The lowest BCUT2D eigenvalue weighted by molar-refractivity contribution is -0.147. The molecule has 1 fully saturated rings. The lowest BCUT2D eigenvalue weighted by Gasteiger charge is -2.20. The lowest BCUT2D eigenvalue weighted by Crippen LogP contribution is -2.41. The molecule has 0 aromatic carbocycles.